The largest absolute Gasteiger partial charge is 0.294 e. The van der Waals surface area contributed by atoms with Crippen molar-refractivity contribution in [1.29, 1.82) is 0 Å². The van der Waals surface area contributed by atoms with E-state index in [1.54, 1.807) is 6.07 Å². The zero-order valence-electron chi connectivity index (χ0n) is 10.1. The Hall–Kier alpha value is -2.59. The van der Waals surface area contributed by atoms with Gasteiger partial charge in [0.2, 0.25) is 0 Å². The monoisotopic (exact) mass is 288 g/mol. The van der Waals surface area contributed by atoms with Crippen LogP contribution in [0.3, 0.4) is 0 Å². The lowest BCUT2D eigenvalue weighted by molar-refractivity contribution is -0.385. The van der Waals surface area contributed by atoms with Gasteiger partial charge in [-0.25, -0.2) is 0 Å². The normalized spacial score (nSPS) is 16.6. The van der Waals surface area contributed by atoms with E-state index in [1.165, 1.54) is 24.3 Å². The van der Waals surface area contributed by atoms with E-state index in [2.05, 4.69) is 5.92 Å². The Morgan fingerprint density at radius 2 is 2.10 bits per heavy atom. The summed E-state index contributed by atoms with van der Waals surface area (Å²) in [4.78, 5) is 34.9. The van der Waals surface area contributed by atoms with Crippen LogP contribution in [0.25, 0.3) is 6.08 Å². The highest BCUT2D eigenvalue weighted by molar-refractivity contribution is 8.18. The minimum Gasteiger partial charge on any atom is -0.268 e. The number of nitro groups is 1. The van der Waals surface area contributed by atoms with Gasteiger partial charge in [-0.3, -0.25) is 24.6 Å². The van der Waals surface area contributed by atoms with Crippen molar-refractivity contribution in [3.05, 3.63) is 44.8 Å². The molecule has 20 heavy (non-hydrogen) atoms. The quantitative estimate of drug-likeness (QED) is 0.369. The molecule has 1 aromatic rings. The maximum atomic E-state index is 11.9. The van der Waals surface area contributed by atoms with Crippen LogP contribution in [0.5, 0.6) is 0 Å². The van der Waals surface area contributed by atoms with E-state index in [0.717, 1.165) is 16.7 Å². The number of thioether (sulfide) groups is 1. The van der Waals surface area contributed by atoms with Gasteiger partial charge >= 0.3 is 0 Å². The predicted octanol–water partition coefficient (Wildman–Crippen LogP) is 2.26. The summed E-state index contributed by atoms with van der Waals surface area (Å²) in [5.41, 5.74) is 0.139. The molecule has 1 aromatic carbocycles. The van der Waals surface area contributed by atoms with E-state index in [9.17, 15) is 19.7 Å². The second kappa shape index (κ2) is 5.59. The van der Waals surface area contributed by atoms with Crippen molar-refractivity contribution in [2.24, 2.45) is 0 Å². The van der Waals surface area contributed by atoms with Gasteiger partial charge in [-0.05, 0) is 23.9 Å². The topological polar surface area (TPSA) is 80.5 Å². The molecule has 100 valence electrons. The molecule has 1 saturated heterocycles. The van der Waals surface area contributed by atoms with Crippen LogP contribution in [0.2, 0.25) is 0 Å². The number of terminal acetylenes is 1. The average molecular weight is 288 g/mol. The molecule has 0 atom stereocenters. The predicted molar refractivity (Wildman–Crippen MR) is 74.6 cm³/mol. The molecule has 0 radical (unpaired) electrons. The lowest BCUT2D eigenvalue weighted by Gasteiger charge is -2.06. The van der Waals surface area contributed by atoms with E-state index < -0.39 is 16.1 Å². The molecule has 0 aromatic heterocycles. The number of nitrogens with zero attached hydrogens (tertiary/aromatic N) is 2. The first-order chi connectivity index (χ1) is 9.54. The first-order valence-corrected chi connectivity index (χ1v) is 6.28. The number of para-hydroxylation sites is 1. The molecule has 6 nitrogen and oxygen atoms in total. The van der Waals surface area contributed by atoms with Gasteiger partial charge < -0.3 is 0 Å². The van der Waals surface area contributed by atoms with Crippen molar-refractivity contribution in [2.45, 2.75) is 0 Å². The zero-order chi connectivity index (χ0) is 14.7. The van der Waals surface area contributed by atoms with Gasteiger partial charge in [0.25, 0.3) is 16.8 Å². The van der Waals surface area contributed by atoms with Crippen LogP contribution in [0.4, 0.5) is 10.5 Å². The summed E-state index contributed by atoms with van der Waals surface area (Å²) in [6.45, 7) is -0.112. The van der Waals surface area contributed by atoms with Crippen LogP contribution in [0, 0.1) is 22.5 Å². The summed E-state index contributed by atoms with van der Waals surface area (Å²) in [6.07, 6.45) is 6.41. The lowest BCUT2D eigenvalue weighted by Crippen LogP contribution is -2.28. The molecular formula is C13H8N2O4S. The molecule has 2 amide bonds. The summed E-state index contributed by atoms with van der Waals surface area (Å²) in [5, 5.41) is 10.4. The Labute approximate surface area is 118 Å². The van der Waals surface area contributed by atoms with E-state index in [1.807, 2.05) is 0 Å². The number of benzene rings is 1. The summed E-state index contributed by atoms with van der Waals surface area (Å²) in [5.74, 6) is 1.69. The molecule has 0 bridgehead atoms. The van der Waals surface area contributed by atoms with Crippen molar-refractivity contribution in [3.8, 4) is 12.3 Å². The minimum atomic E-state index is -0.544. The smallest absolute Gasteiger partial charge is 0.268 e. The Bertz CT molecular complexity index is 675. The molecule has 1 fully saturated rings. The maximum Gasteiger partial charge on any atom is 0.294 e. The Balaban J connectivity index is 2.39. The highest BCUT2D eigenvalue weighted by Gasteiger charge is 2.34. The van der Waals surface area contributed by atoms with Crippen molar-refractivity contribution >= 4 is 34.7 Å². The van der Waals surface area contributed by atoms with E-state index >= 15 is 0 Å². The second-order valence-electron chi connectivity index (χ2n) is 3.79. The van der Waals surface area contributed by atoms with Crippen LogP contribution in [-0.2, 0) is 4.79 Å². The molecule has 0 aliphatic carbocycles. The lowest BCUT2D eigenvalue weighted by atomic mass is 10.1. The molecular weight excluding hydrogens is 280 g/mol. The van der Waals surface area contributed by atoms with Crippen molar-refractivity contribution in [2.75, 3.05) is 6.54 Å². The summed E-state index contributed by atoms with van der Waals surface area (Å²) < 4.78 is 0. The van der Waals surface area contributed by atoms with Gasteiger partial charge in [0.1, 0.15) is 0 Å². The van der Waals surface area contributed by atoms with Crippen molar-refractivity contribution < 1.29 is 14.5 Å². The highest BCUT2D eigenvalue weighted by atomic mass is 32.2. The van der Waals surface area contributed by atoms with Crippen molar-refractivity contribution in [1.82, 2.24) is 4.90 Å². The summed E-state index contributed by atoms with van der Waals surface area (Å²) in [7, 11) is 0. The fraction of sp³-hybridized carbons (Fsp3) is 0.0769. The Kier molecular flexibility index (Phi) is 3.86. The maximum absolute atomic E-state index is 11.9. The molecule has 1 aliphatic rings. The van der Waals surface area contributed by atoms with Crippen LogP contribution < -0.4 is 0 Å². The van der Waals surface area contributed by atoms with E-state index in [4.69, 9.17) is 6.42 Å². The first kappa shape index (κ1) is 13.8. The fourth-order valence-electron chi connectivity index (χ4n) is 1.64. The Morgan fingerprint density at radius 1 is 1.40 bits per heavy atom. The number of carbonyl (C=O) groups is 2. The number of amides is 2. The van der Waals surface area contributed by atoms with Gasteiger partial charge in [0.15, 0.2) is 0 Å². The van der Waals surface area contributed by atoms with Gasteiger partial charge in [0, 0.05) is 6.07 Å². The third-order valence-electron chi connectivity index (χ3n) is 2.54. The van der Waals surface area contributed by atoms with Gasteiger partial charge in [-0.15, -0.1) is 6.42 Å². The minimum absolute atomic E-state index is 0.112. The van der Waals surface area contributed by atoms with Crippen molar-refractivity contribution in [3.63, 3.8) is 0 Å². The number of imide groups is 1. The molecule has 0 unspecified atom stereocenters. The average Bonchev–Trinajstić information content (AvgIpc) is 2.67. The number of carbonyl (C=O) groups excluding carboxylic acids is 2. The molecule has 0 spiro atoms. The SMILES string of the molecule is C#CCN1C(=O)SC(=Cc2ccccc2[N+](=O)[O-])C1=O. The third-order valence-corrected chi connectivity index (χ3v) is 3.45. The zero-order valence-corrected chi connectivity index (χ0v) is 10.9. The Morgan fingerprint density at radius 3 is 2.75 bits per heavy atom. The fourth-order valence-corrected chi connectivity index (χ4v) is 2.47. The highest BCUT2D eigenvalue weighted by Crippen LogP contribution is 2.33. The van der Waals surface area contributed by atoms with Gasteiger partial charge in [0.05, 0.1) is 21.9 Å². The first-order valence-electron chi connectivity index (χ1n) is 5.47. The summed E-state index contributed by atoms with van der Waals surface area (Å²) >= 11 is 0.717. The number of nitro benzene ring substituents is 1. The number of hydrogen-bond donors (Lipinski definition) is 0. The standard InChI is InChI=1S/C13H8N2O4S/c1-2-7-14-12(16)11(20-13(14)17)8-9-5-3-4-6-10(9)15(18)19/h1,3-6,8H,7H2. The van der Waals surface area contributed by atoms with Crippen LogP contribution in [0.1, 0.15) is 5.56 Å². The van der Waals surface area contributed by atoms with E-state index in [0.29, 0.717) is 0 Å². The molecule has 0 N–H and O–H groups in total. The van der Waals surface area contributed by atoms with Crippen LogP contribution in [0.15, 0.2) is 29.2 Å². The number of hydrogen-bond acceptors (Lipinski definition) is 5. The third kappa shape index (κ3) is 2.55. The molecule has 0 saturated carbocycles. The molecule has 1 heterocycles. The molecule has 1 aliphatic heterocycles. The van der Waals surface area contributed by atoms with Crippen LogP contribution in [-0.4, -0.2) is 27.5 Å². The second-order valence-corrected chi connectivity index (χ2v) is 4.78. The molecule has 2 rings (SSSR count). The molecule has 7 heteroatoms. The van der Waals surface area contributed by atoms with Crippen LogP contribution >= 0.6 is 11.8 Å². The number of rotatable bonds is 3. The van der Waals surface area contributed by atoms with Gasteiger partial charge in [-0.2, -0.15) is 0 Å². The van der Waals surface area contributed by atoms with E-state index in [-0.39, 0.29) is 22.7 Å². The summed E-state index contributed by atoms with van der Waals surface area (Å²) in [6, 6.07) is 5.98. The van der Waals surface area contributed by atoms with Gasteiger partial charge in [-0.1, -0.05) is 18.1 Å².